The summed E-state index contributed by atoms with van der Waals surface area (Å²) in [4.78, 5) is 42.1. The van der Waals surface area contributed by atoms with E-state index >= 15 is 0 Å². The summed E-state index contributed by atoms with van der Waals surface area (Å²) in [5.41, 5.74) is 0.683. The van der Waals surface area contributed by atoms with E-state index in [1.165, 1.54) is 42.5 Å². The highest BCUT2D eigenvalue weighted by molar-refractivity contribution is 6.45. The number of imide groups is 1. The van der Waals surface area contributed by atoms with Crippen molar-refractivity contribution < 1.29 is 24.0 Å². The Morgan fingerprint density at radius 1 is 1.00 bits per heavy atom. The van der Waals surface area contributed by atoms with Crippen LogP contribution in [0, 0.1) is 15.9 Å². The van der Waals surface area contributed by atoms with Gasteiger partial charge in [-0.05, 0) is 35.9 Å². The van der Waals surface area contributed by atoms with E-state index in [0.717, 1.165) is 11.0 Å². The van der Waals surface area contributed by atoms with Gasteiger partial charge in [0.2, 0.25) is 0 Å². The van der Waals surface area contributed by atoms with Gasteiger partial charge in [0.25, 0.3) is 17.5 Å². The molecule has 10 heteroatoms. The SMILES string of the molecule is O=C1C(c2ccc([N+](=O)[O-])cc2)=C(N2CCN(CCO)CC2)C(=O)N1c1cccc(F)c1. The lowest BCUT2D eigenvalue weighted by Gasteiger charge is -2.36. The molecule has 0 unspecified atom stereocenters. The van der Waals surface area contributed by atoms with E-state index in [1.54, 1.807) is 0 Å². The van der Waals surface area contributed by atoms with Gasteiger partial charge in [-0.3, -0.25) is 24.6 Å². The number of nitro groups is 1. The fourth-order valence-electron chi connectivity index (χ4n) is 4.01. The van der Waals surface area contributed by atoms with Crippen LogP contribution in [-0.2, 0) is 9.59 Å². The average molecular weight is 440 g/mol. The number of non-ortho nitro benzene ring substituents is 1. The molecule has 0 atom stereocenters. The van der Waals surface area contributed by atoms with Crippen molar-refractivity contribution in [2.45, 2.75) is 0 Å². The lowest BCUT2D eigenvalue weighted by atomic mass is 10.0. The number of amides is 2. The Balaban J connectivity index is 1.75. The molecule has 2 amide bonds. The fraction of sp³-hybridized carbons (Fsp3) is 0.273. The highest BCUT2D eigenvalue weighted by Crippen LogP contribution is 2.35. The monoisotopic (exact) mass is 440 g/mol. The van der Waals surface area contributed by atoms with Crippen molar-refractivity contribution in [1.82, 2.24) is 9.80 Å². The minimum atomic E-state index is -0.609. The van der Waals surface area contributed by atoms with Crippen LogP contribution in [0.3, 0.4) is 0 Å². The second-order valence-corrected chi connectivity index (χ2v) is 7.51. The zero-order chi connectivity index (χ0) is 22.8. The number of rotatable bonds is 6. The third-order valence-electron chi connectivity index (χ3n) is 5.60. The summed E-state index contributed by atoms with van der Waals surface area (Å²) in [5, 5.41) is 20.2. The van der Waals surface area contributed by atoms with Gasteiger partial charge in [-0.2, -0.15) is 0 Å². The van der Waals surface area contributed by atoms with E-state index in [2.05, 4.69) is 0 Å². The summed E-state index contributed by atoms with van der Waals surface area (Å²) in [5.74, 6) is -1.75. The van der Waals surface area contributed by atoms with E-state index in [-0.39, 0.29) is 29.3 Å². The number of anilines is 1. The topological polar surface area (TPSA) is 107 Å². The van der Waals surface area contributed by atoms with Crippen LogP contribution in [0.2, 0.25) is 0 Å². The maximum atomic E-state index is 13.8. The first kappa shape index (κ1) is 21.6. The molecule has 9 nitrogen and oxygen atoms in total. The molecule has 1 N–H and O–H groups in total. The van der Waals surface area contributed by atoms with Crippen molar-refractivity contribution >= 4 is 28.8 Å². The fourth-order valence-corrected chi connectivity index (χ4v) is 4.01. The van der Waals surface area contributed by atoms with Crippen molar-refractivity contribution in [3.8, 4) is 0 Å². The van der Waals surface area contributed by atoms with Crippen molar-refractivity contribution in [3.05, 3.63) is 75.7 Å². The van der Waals surface area contributed by atoms with E-state index < -0.39 is 22.6 Å². The molecule has 2 aromatic carbocycles. The van der Waals surface area contributed by atoms with Gasteiger partial charge in [-0.15, -0.1) is 0 Å². The Kier molecular flexibility index (Phi) is 5.97. The highest BCUT2D eigenvalue weighted by atomic mass is 19.1. The molecule has 0 bridgehead atoms. The van der Waals surface area contributed by atoms with Crippen LogP contribution in [0.15, 0.2) is 54.2 Å². The van der Waals surface area contributed by atoms with Crippen LogP contribution in [0.25, 0.3) is 5.57 Å². The predicted octanol–water partition coefficient (Wildman–Crippen LogP) is 1.63. The van der Waals surface area contributed by atoms with Gasteiger partial charge in [0, 0.05) is 44.9 Å². The minimum absolute atomic E-state index is 0.0293. The van der Waals surface area contributed by atoms with Gasteiger partial charge in [-0.25, -0.2) is 9.29 Å². The Morgan fingerprint density at radius 2 is 1.69 bits per heavy atom. The lowest BCUT2D eigenvalue weighted by Crippen LogP contribution is -2.48. The standard InChI is InChI=1S/C22H21FN4O5/c23-16-2-1-3-18(14-16)26-21(29)19(15-4-6-17(7-5-15)27(31)32)20(22(26)30)25-10-8-24(9-11-25)12-13-28/h1-7,14,28H,8-13H2. The summed E-state index contributed by atoms with van der Waals surface area (Å²) >= 11 is 0. The molecule has 0 radical (unpaired) electrons. The number of nitrogens with zero attached hydrogens (tertiary/aromatic N) is 4. The Morgan fingerprint density at radius 3 is 2.28 bits per heavy atom. The Hall–Kier alpha value is -3.63. The summed E-state index contributed by atoms with van der Waals surface area (Å²) in [6.07, 6.45) is 0. The van der Waals surface area contributed by atoms with Gasteiger partial charge in [0.15, 0.2) is 0 Å². The number of halogens is 1. The quantitative estimate of drug-likeness (QED) is 0.413. The summed E-state index contributed by atoms with van der Waals surface area (Å²) in [7, 11) is 0. The molecule has 2 aliphatic heterocycles. The van der Waals surface area contributed by atoms with E-state index in [4.69, 9.17) is 5.11 Å². The van der Waals surface area contributed by atoms with Crippen LogP contribution < -0.4 is 4.90 Å². The normalized spacial score (nSPS) is 17.4. The van der Waals surface area contributed by atoms with Gasteiger partial charge in [-0.1, -0.05) is 6.07 Å². The van der Waals surface area contributed by atoms with Crippen LogP contribution >= 0.6 is 0 Å². The third kappa shape index (κ3) is 3.97. The number of piperazine rings is 1. The molecule has 1 fully saturated rings. The van der Waals surface area contributed by atoms with Crippen molar-refractivity contribution in [2.75, 3.05) is 44.2 Å². The van der Waals surface area contributed by atoms with E-state index in [9.17, 15) is 24.1 Å². The molecule has 0 saturated carbocycles. The second kappa shape index (κ2) is 8.85. The largest absolute Gasteiger partial charge is 0.395 e. The van der Waals surface area contributed by atoms with Crippen molar-refractivity contribution in [3.63, 3.8) is 0 Å². The molecule has 1 saturated heterocycles. The number of hydrogen-bond donors (Lipinski definition) is 1. The lowest BCUT2D eigenvalue weighted by molar-refractivity contribution is -0.384. The number of nitro benzene ring substituents is 1. The van der Waals surface area contributed by atoms with Crippen LogP contribution in [-0.4, -0.2) is 71.0 Å². The molecule has 0 aromatic heterocycles. The third-order valence-corrected chi connectivity index (χ3v) is 5.60. The maximum Gasteiger partial charge on any atom is 0.282 e. The molecular weight excluding hydrogens is 419 g/mol. The maximum absolute atomic E-state index is 13.8. The highest BCUT2D eigenvalue weighted by Gasteiger charge is 2.43. The molecule has 4 rings (SSSR count). The smallest absolute Gasteiger partial charge is 0.282 e. The molecule has 32 heavy (non-hydrogen) atoms. The molecule has 2 aromatic rings. The number of β-amino-alcohol motifs (C(OH)–C–C–N with tert-alkyl or cyclic N) is 1. The van der Waals surface area contributed by atoms with Crippen LogP contribution in [0.5, 0.6) is 0 Å². The molecule has 2 heterocycles. The van der Waals surface area contributed by atoms with Crippen LogP contribution in [0.1, 0.15) is 5.56 Å². The zero-order valence-electron chi connectivity index (χ0n) is 17.1. The average Bonchev–Trinajstić information content (AvgIpc) is 3.04. The van der Waals surface area contributed by atoms with Crippen LogP contribution in [0.4, 0.5) is 15.8 Å². The number of carbonyl (C=O) groups excluding carboxylic acids is 2. The molecule has 0 spiro atoms. The minimum Gasteiger partial charge on any atom is -0.395 e. The number of carbonyl (C=O) groups is 2. The van der Waals surface area contributed by atoms with E-state index in [0.29, 0.717) is 38.3 Å². The summed E-state index contributed by atoms with van der Waals surface area (Å²) < 4.78 is 13.8. The van der Waals surface area contributed by atoms with Crippen molar-refractivity contribution in [2.24, 2.45) is 0 Å². The van der Waals surface area contributed by atoms with Gasteiger partial charge in [0.1, 0.15) is 11.5 Å². The number of aliphatic hydroxyl groups excluding tert-OH is 1. The predicted molar refractivity (Wildman–Crippen MR) is 114 cm³/mol. The van der Waals surface area contributed by atoms with Gasteiger partial charge in [0.05, 0.1) is 22.8 Å². The molecule has 2 aliphatic rings. The molecule has 166 valence electrons. The molecule has 0 aliphatic carbocycles. The second-order valence-electron chi connectivity index (χ2n) is 7.51. The molecular formula is C22H21FN4O5. The first-order valence-electron chi connectivity index (χ1n) is 10.1. The summed E-state index contributed by atoms with van der Waals surface area (Å²) in [6, 6.07) is 10.7. The Bertz CT molecular complexity index is 1090. The number of benzene rings is 2. The first-order chi connectivity index (χ1) is 15.4. The Labute approximate surface area is 183 Å². The number of aliphatic hydroxyl groups is 1. The van der Waals surface area contributed by atoms with Gasteiger partial charge < -0.3 is 10.0 Å². The zero-order valence-corrected chi connectivity index (χ0v) is 17.1. The first-order valence-corrected chi connectivity index (χ1v) is 10.1. The van der Waals surface area contributed by atoms with E-state index in [1.807, 2.05) is 9.80 Å². The summed E-state index contributed by atoms with van der Waals surface area (Å²) in [6.45, 7) is 2.66. The van der Waals surface area contributed by atoms with Crippen molar-refractivity contribution in [1.29, 1.82) is 0 Å². The number of hydrogen-bond acceptors (Lipinski definition) is 7. The van der Waals surface area contributed by atoms with Gasteiger partial charge >= 0.3 is 0 Å².